The van der Waals surface area contributed by atoms with Crippen molar-refractivity contribution in [3.05, 3.63) is 35.1 Å². The van der Waals surface area contributed by atoms with Crippen LogP contribution < -0.4 is 10.6 Å². The predicted molar refractivity (Wildman–Crippen MR) is 59.5 cm³/mol. The number of alkyl halides is 3. The second-order valence-electron chi connectivity index (χ2n) is 4.37. The number of hydrogen-bond acceptors (Lipinski definition) is 2. The third kappa shape index (κ3) is 3.20. The van der Waals surface area contributed by atoms with Crippen LogP contribution in [0.1, 0.15) is 17.5 Å². The summed E-state index contributed by atoms with van der Waals surface area (Å²) in [7, 11) is 0. The fourth-order valence-electron chi connectivity index (χ4n) is 2.05. The van der Waals surface area contributed by atoms with Gasteiger partial charge in [0.2, 0.25) is 0 Å². The number of hydrogen-bond donors (Lipinski definition) is 2. The highest BCUT2D eigenvalue weighted by Gasteiger charge is 2.33. The average Bonchev–Trinajstić information content (AvgIpc) is 2.79. The molecule has 0 aliphatic carbocycles. The third-order valence-electron chi connectivity index (χ3n) is 3.02. The first kappa shape index (κ1) is 13.3. The van der Waals surface area contributed by atoms with E-state index in [-0.39, 0.29) is 18.2 Å². The lowest BCUT2D eigenvalue weighted by molar-refractivity contribution is -0.138. The maximum Gasteiger partial charge on any atom is 0.416 e. The summed E-state index contributed by atoms with van der Waals surface area (Å²) in [6, 6.07) is 2.97. The molecule has 1 aromatic rings. The van der Waals surface area contributed by atoms with Crippen molar-refractivity contribution >= 4 is 0 Å². The van der Waals surface area contributed by atoms with E-state index in [4.69, 9.17) is 0 Å². The molecule has 0 radical (unpaired) electrons. The van der Waals surface area contributed by atoms with E-state index in [0.717, 1.165) is 25.6 Å². The zero-order valence-corrected chi connectivity index (χ0v) is 9.65. The lowest BCUT2D eigenvalue weighted by Crippen LogP contribution is -2.31. The molecule has 1 heterocycles. The van der Waals surface area contributed by atoms with Crippen LogP contribution in [0, 0.1) is 5.82 Å². The van der Waals surface area contributed by atoms with Crippen LogP contribution in [0.5, 0.6) is 0 Å². The molecule has 6 heteroatoms. The molecule has 0 bridgehead atoms. The molecule has 1 fully saturated rings. The molecule has 0 unspecified atom stereocenters. The number of nitrogens with one attached hydrogen (secondary N) is 2. The maximum absolute atomic E-state index is 12.9. The van der Waals surface area contributed by atoms with Crippen molar-refractivity contribution in [2.24, 2.45) is 0 Å². The Bertz CT molecular complexity index is 411. The molecule has 1 atom stereocenters. The van der Waals surface area contributed by atoms with Crippen molar-refractivity contribution in [3.8, 4) is 0 Å². The molecule has 0 aromatic heterocycles. The van der Waals surface area contributed by atoms with Gasteiger partial charge in [-0.05, 0) is 30.7 Å². The zero-order valence-electron chi connectivity index (χ0n) is 9.65. The van der Waals surface area contributed by atoms with Gasteiger partial charge in [0.15, 0.2) is 0 Å². The third-order valence-corrected chi connectivity index (χ3v) is 3.02. The summed E-state index contributed by atoms with van der Waals surface area (Å²) in [5.74, 6) is -0.867. The number of rotatable bonds is 3. The van der Waals surface area contributed by atoms with E-state index in [9.17, 15) is 17.6 Å². The molecule has 2 nitrogen and oxygen atoms in total. The van der Waals surface area contributed by atoms with Crippen LogP contribution in [-0.4, -0.2) is 19.1 Å². The Kier molecular flexibility index (Phi) is 3.87. The Labute approximate surface area is 102 Å². The summed E-state index contributed by atoms with van der Waals surface area (Å²) in [6.45, 7) is 1.72. The van der Waals surface area contributed by atoms with E-state index in [1.165, 1.54) is 6.07 Å². The van der Waals surface area contributed by atoms with Gasteiger partial charge in [-0.2, -0.15) is 13.2 Å². The summed E-state index contributed by atoms with van der Waals surface area (Å²) in [5.41, 5.74) is -0.822. The highest BCUT2D eigenvalue weighted by Crippen LogP contribution is 2.32. The Morgan fingerprint density at radius 2 is 2.11 bits per heavy atom. The highest BCUT2D eigenvalue weighted by molar-refractivity contribution is 5.30. The Morgan fingerprint density at radius 1 is 1.33 bits per heavy atom. The number of halogens is 4. The molecule has 0 saturated carbocycles. The van der Waals surface area contributed by atoms with Gasteiger partial charge in [-0.15, -0.1) is 0 Å². The molecular formula is C12H14F4N2. The summed E-state index contributed by atoms with van der Waals surface area (Å²) < 4.78 is 51.1. The quantitative estimate of drug-likeness (QED) is 0.817. The normalized spacial score (nSPS) is 20.3. The summed E-state index contributed by atoms with van der Waals surface area (Å²) in [6.07, 6.45) is -3.63. The van der Waals surface area contributed by atoms with Gasteiger partial charge in [-0.3, -0.25) is 0 Å². The fraction of sp³-hybridized carbons (Fsp3) is 0.500. The number of benzene rings is 1. The minimum Gasteiger partial charge on any atom is -0.315 e. The van der Waals surface area contributed by atoms with E-state index < -0.39 is 17.6 Å². The van der Waals surface area contributed by atoms with Gasteiger partial charge in [0, 0.05) is 19.1 Å². The molecule has 1 aliphatic rings. The molecule has 1 aliphatic heterocycles. The smallest absolute Gasteiger partial charge is 0.315 e. The fourth-order valence-corrected chi connectivity index (χ4v) is 2.05. The Morgan fingerprint density at radius 3 is 2.72 bits per heavy atom. The van der Waals surface area contributed by atoms with Gasteiger partial charge < -0.3 is 10.6 Å². The largest absolute Gasteiger partial charge is 0.416 e. The lowest BCUT2D eigenvalue weighted by Gasteiger charge is -2.16. The van der Waals surface area contributed by atoms with Gasteiger partial charge in [0.05, 0.1) is 5.56 Å². The second-order valence-corrected chi connectivity index (χ2v) is 4.37. The van der Waals surface area contributed by atoms with Crippen LogP contribution in [0.2, 0.25) is 0 Å². The van der Waals surface area contributed by atoms with Gasteiger partial charge in [-0.25, -0.2) is 4.39 Å². The van der Waals surface area contributed by atoms with Crippen LogP contribution in [-0.2, 0) is 12.7 Å². The molecule has 0 amide bonds. The average molecular weight is 262 g/mol. The van der Waals surface area contributed by atoms with Gasteiger partial charge in [0.1, 0.15) is 5.82 Å². The first-order valence-electron chi connectivity index (χ1n) is 5.76. The molecule has 1 saturated heterocycles. The molecule has 2 N–H and O–H groups in total. The van der Waals surface area contributed by atoms with Crippen LogP contribution in [0.15, 0.2) is 18.2 Å². The Balaban J connectivity index is 2.11. The topological polar surface area (TPSA) is 24.1 Å². The molecule has 1 aromatic carbocycles. The van der Waals surface area contributed by atoms with Crippen LogP contribution >= 0.6 is 0 Å². The van der Waals surface area contributed by atoms with Crippen molar-refractivity contribution in [1.82, 2.24) is 10.6 Å². The minimum absolute atomic E-state index is 0.0794. The van der Waals surface area contributed by atoms with Crippen LogP contribution in [0.3, 0.4) is 0 Å². The summed E-state index contributed by atoms with van der Waals surface area (Å²) >= 11 is 0. The van der Waals surface area contributed by atoms with E-state index >= 15 is 0 Å². The van der Waals surface area contributed by atoms with Crippen LogP contribution in [0.4, 0.5) is 17.6 Å². The van der Waals surface area contributed by atoms with Crippen molar-refractivity contribution in [2.45, 2.75) is 25.2 Å². The lowest BCUT2D eigenvalue weighted by atomic mass is 10.1. The maximum atomic E-state index is 12.9. The SMILES string of the molecule is Fc1ccc(CN[C@H]2CCNC2)c(C(F)(F)F)c1. The first-order valence-corrected chi connectivity index (χ1v) is 5.76. The van der Waals surface area contributed by atoms with Gasteiger partial charge in [-0.1, -0.05) is 6.07 Å². The first-order chi connectivity index (χ1) is 8.47. The van der Waals surface area contributed by atoms with E-state index in [0.29, 0.717) is 6.07 Å². The van der Waals surface area contributed by atoms with E-state index in [1.807, 2.05) is 0 Å². The van der Waals surface area contributed by atoms with Gasteiger partial charge >= 0.3 is 6.18 Å². The van der Waals surface area contributed by atoms with Crippen molar-refractivity contribution in [1.29, 1.82) is 0 Å². The minimum atomic E-state index is -4.52. The predicted octanol–water partition coefficient (Wildman–Crippen LogP) is 2.30. The molecule has 18 heavy (non-hydrogen) atoms. The Hall–Kier alpha value is -1.14. The zero-order chi connectivity index (χ0) is 13.2. The monoisotopic (exact) mass is 262 g/mol. The van der Waals surface area contributed by atoms with Crippen molar-refractivity contribution in [3.63, 3.8) is 0 Å². The van der Waals surface area contributed by atoms with E-state index in [2.05, 4.69) is 10.6 Å². The molecule has 100 valence electrons. The molecule has 2 rings (SSSR count). The van der Waals surface area contributed by atoms with E-state index in [1.54, 1.807) is 0 Å². The second kappa shape index (κ2) is 5.24. The molecule has 0 spiro atoms. The van der Waals surface area contributed by atoms with Gasteiger partial charge in [0.25, 0.3) is 0 Å². The molecular weight excluding hydrogens is 248 g/mol. The standard InChI is InChI=1S/C12H14F4N2/c13-9-2-1-8(11(5-9)12(14,15)16)6-18-10-3-4-17-7-10/h1-2,5,10,17-18H,3-4,6-7H2/t10-/m0/s1. The van der Waals surface area contributed by atoms with Crippen molar-refractivity contribution in [2.75, 3.05) is 13.1 Å². The summed E-state index contributed by atoms with van der Waals surface area (Å²) in [4.78, 5) is 0. The van der Waals surface area contributed by atoms with Crippen LogP contribution in [0.25, 0.3) is 0 Å². The van der Waals surface area contributed by atoms with Crippen molar-refractivity contribution < 1.29 is 17.6 Å². The summed E-state index contributed by atoms with van der Waals surface area (Å²) in [5, 5.41) is 6.16. The highest BCUT2D eigenvalue weighted by atomic mass is 19.4.